The smallest absolute Gasteiger partial charge is 0.260 e. The number of aromatic amines is 1. The fourth-order valence-corrected chi connectivity index (χ4v) is 5.10. The second kappa shape index (κ2) is 6.45. The third-order valence-electron chi connectivity index (χ3n) is 4.65. The van der Waals surface area contributed by atoms with Crippen molar-refractivity contribution >= 4 is 15.7 Å². The summed E-state index contributed by atoms with van der Waals surface area (Å²) >= 11 is 0. The quantitative estimate of drug-likeness (QED) is 0.791. The van der Waals surface area contributed by atoms with Crippen LogP contribution in [0.3, 0.4) is 0 Å². The van der Waals surface area contributed by atoms with Gasteiger partial charge in [0.2, 0.25) is 0 Å². The zero-order valence-corrected chi connectivity index (χ0v) is 13.6. The molecule has 0 saturated carbocycles. The third-order valence-corrected chi connectivity index (χ3v) is 6.40. The first-order valence-electron chi connectivity index (χ1n) is 7.88. The van der Waals surface area contributed by atoms with Crippen LogP contribution in [0.2, 0.25) is 0 Å². The van der Waals surface area contributed by atoms with Crippen LogP contribution in [0.5, 0.6) is 0 Å². The molecule has 0 spiro atoms. The van der Waals surface area contributed by atoms with Crippen molar-refractivity contribution in [3.05, 3.63) is 34.2 Å². The number of sulfone groups is 1. The van der Waals surface area contributed by atoms with E-state index in [1.54, 1.807) is 6.07 Å². The van der Waals surface area contributed by atoms with E-state index in [9.17, 15) is 18.0 Å². The molecule has 23 heavy (non-hydrogen) atoms. The van der Waals surface area contributed by atoms with Gasteiger partial charge >= 0.3 is 0 Å². The lowest BCUT2D eigenvalue weighted by Gasteiger charge is -2.35. The summed E-state index contributed by atoms with van der Waals surface area (Å²) in [7, 11) is -2.87. The number of pyridine rings is 1. The minimum absolute atomic E-state index is 0.0244. The molecule has 2 saturated heterocycles. The van der Waals surface area contributed by atoms with Crippen molar-refractivity contribution in [2.24, 2.45) is 0 Å². The summed E-state index contributed by atoms with van der Waals surface area (Å²) < 4.78 is 23.1. The van der Waals surface area contributed by atoms with Gasteiger partial charge in [-0.15, -0.1) is 0 Å². The minimum Gasteiger partial charge on any atom is -0.349 e. The number of nitrogens with one attached hydrogen (secondary N) is 2. The Kier molecular flexibility index (Phi) is 4.54. The fraction of sp³-hybridized carbons (Fsp3) is 0.600. The van der Waals surface area contributed by atoms with Gasteiger partial charge in [0.15, 0.2) is 9.84 Å². The zero-order chi connectivity index (χ0) is 16.4. The van der Waals surface area contributed by atoms with Gasteiger partial charge < -0.3 is 10.3 Å². The highest BCUT2D eigenvalue weighted by Crippen LogP contribution is 2.21. The maximum Gasteiger partial charge on any atom is 0.260 e. The molecular formula is C15H21N3O4S. The van der Waals surface area contributed by atoms with Gasteiger partial charge in [-0.2, -0.15) is 0 Å². The number of amides is 1. The summed E-state index contributed by atoms with van der Waals surface area (Å²) in [6.07, 6.45) is 3.74. The Labute approximate surface area is 135 Å². The number of carbonyl (C=O) groups excluding carboxylic acids is 1. The Morgan fingerprint density at radius 1 is 1.26 bits per heavy atom. The molecule has 0 aromatic carbocycles. The van der Waals surface area contributed by atoms with Gasteiger partial charge in [0.25, 0.3) is 11.5 Å². The van der Waals surface area contributed by atoms with Crippen LogP contribution in [0, 0.1) is 0 Å². The van der Waals surface area contributed by atoms with Crippen molar-refractivity contribution in [1.82, 2.24) is 15.2 Å². The van der Waals surface area contributed by atoms with Gasteiger partial charge in [0, 0.05) is 31.4 Å². The molecule has 3 rings (SSSR count). The van der Waals surface area contributed by atoms with Crippen molar-refractivity contribution in [2.75, 3.05) is 24.6 Å². The van der Waals surface area contributed by atoms with Crippen molar-refractivity contribution in [3.8, 4) is 0 Å². The van der Waals surface area contributed by atoms with E-state index in [1.165, 1.54) is 12.3 Å². The molecule has 3 heterocycles. The summed E-state index contributed by atoms with van der Waals surface area (Å²) in [5.41, 5.74) is -0.268. The Morgan fingerprint density at radius 2 is 2.00 bits per heavy atom. The highest BCUT2D eigenvalue weighted by molar-refractivity contribution is 7.91. The summed E-state index contributed by atoms with van der Waals surface area (Å²) in [5.74, 6) is 0.183. The van der Waals surface area contributed by atoms with Crippen molar-refractivity contribution < 1.29 is 13.2 Å². The van der Waals surface area contributed by atoms with Gasteiger partial charge in [-0.25, -0.2) is 8.42 Å². The van der Waals surface area contributed by atoms with Gasteiger partial charge in [-0.05, 0) is 31.4 Å². The number of nitrogens with zero attached hydrogens (tertiary/aromatic N) is 1. The maximum atomic E-state index is 12.1. The second-order valence-corrected chi connectivity index (χ2v) is 8.48. The van der Waals surface area contributed by atoms with Crippen LogP contribution < -0.4 is 10.9 Å². The molecule has 0 aliphatic carbocycles. The highest BCUT2D eigenvalue weighted by Gasteiger charge is 2.34. The molecule has 7 nitrogen and oxygen atoms in total. The van der Waals surface area contributed by atoms with Crippen molar-refractivity contribution in [1.29, 1.82) is 0 Å². The molecule has 0 unspecified atom stereocenters. The molecular weight excluding hydrogens is 318 g/mol. The topological polar surface area (TPSA) is 99.3 Å². The van der Waals surface area contributed by atoms with E-state index in [1.807, 2.05) is 0 Å². The largest absolute Gasteiger partial charge is 0.349 e. The SMILES string of the molecule is O=C(NC1CCN([C@@H]2CCS(=O)(=O)C2)CC1)c1ccc[nH]c1=O. The number of rotatable bonds is 3. The van der Waals surface area contributed by atoms with Crippen molar-refractivity contribution in [2.45, 2.75) is 31.3 Å². The van der Waals surface area contributed by atoms with Gasteiger partial charge in [0.1, 0.15) is 5.56 Å². The summed E-state index contributed by atoms with van der Waals surface area (Å²) in [6, 6.07) is 3.27. The number of piperidine rings is 1. The molecule has 8 heteroatoms. The van der Waals surface area contributed by atoms with Crippen LogP contribution in [0.25, 0.3) is 0 Å². The van der Waals surface area contributed by atoms with E-state index in [-0.39, 0.29) is 35.1 Å². The number of hydrogen-bond acceptors (Lipinski definition) is 5. The van der Waals surface area contributed by atoms with E-state index in [0.717, 1.165) is 25.9 Å². The molecule has 0 bridgehead atoms. The number of hydrogen-bond donors (Lipinski definition) is 2. The molecule has 1 aromatic rings. The molecule has 1 atom stereocenters. The Balaban J connectivity index is 1.53. The van der Waals surface area contributed by atoms with Crippen LogP contribution >= 0.6 is 0 Å². The molecule has 2 aliphatic rings. The Bertz CT molecular complexity index is 735. The average molecular weight is 339 g/mol. The van der Waals surface area contributed by atoms with Gasteiger partial charge in [0.05, 0.1) is 11.5 Å². The molecule has 1 aromatic heterocycles. The Hall–Kier alpha value is -1.67. The summed E-state index contributed by atoms with van der Waals surface area (Å²) in [6.45, 7) is 1.55. The summed E-state index contributed by atoms with van der Waals surface area (Å²) in [4.78, 5) is 28.4. The zero-order valence-electron chi connectivity index (χ0n) is 12.8. The summed E-state index contributed by atoms with van der Waals surface area (Å²) in [5, 5.41) is 2.90. The molecule has 2 fully saturated rings. The normalized spacial score (nSPS) is 25.3. The second-order valence-electron chi connectivity index (χ2n) is 6.25. The van der Waals surface area contributed by atoms with Gasteiger partial charge in [-0.1, -0.05) is 0 Å². The van der Waals surface area contributed by atoms with Crippen LogP contribution in [-0.2, 0) is 9.84 Å². The number of H-pyrrole nitrogens is 1. The van der Waals surface area contributed by atoms with Crippen molar-refractivity contribution in [3.63, 3.8) is 0 Å². The predicted molar refractivity (Wildman–Crippen MR) is 86.2 cm³/mol. The number of aromatic nitrogens is 1. The van der Waals surface area contributed by atoms with E-state index in [4.69, 9.17) is 0 Å². The van der Waals surface area contributed by atoms with E-state index >= 15 is 0 Å². The first-order valence-corrected chi connectivity index (χ1v) is 9.70. The maximum absolute atomic E-state index is 12.1. The van der Waals surface area contributed by atoms with E-state index in [2.05, 4.69) is 15.2 Å². The first kappa shape index (κ1) is 16.2. The lowest BCUT2D eigenvalue weighted by molar-refractivity contribution is 0.0896. The van der Waals surface area contributed by atoms with Crippen LogP contribution in [0.4, 0.5) is 0 Å². The molecule has 0 radical (unpaired) electrons. The monoisotopic (exact) mass is 339 g/mol. The van der Waals surface area contributed by atoms with Gasteiger partial charge in [-0.3, -0.25) is 14.5 Å². The number of likely N-dealkylation sites (tertiary alicyclic amines) is 1. The first-order chi connectivity index (χ1) is 10.9. The molecule has 126 valence electrons. The minimum atomic E-state index is -2.87. The van der Waals surface area contributed by atoms with Crippen LogP contribution in [0.15, 0.2) is 23.1 Å². The number of carbonyl (C=O) groups is 1. The van der Waals surface area contributed by atoms with E-state index < -0.39 is 15.4 Å². The standard InChI is InChI=1S/C15H21N3O4S/c19-14-13(2-1-6-16-14)15(20)17-11-3-7-18(8-4-11)12-5-9-23(21,22)10-12/h1-2,6,11-12H,3-5,7-10H2,(H,16,19)(H,17,20)/t12-/m1/s1. The lowest BCUT2D eigenvalue weighted by Crippen LogP contribution is -2.48. The van der Waals surface area contributed by atoms with Crippen LogP contribution in [0.1, 0.15) is 29.6 Å². The van der Waals surface area contributed by atoms with E-state index in [0.29, 0.717) is 6.42 Å². The molecule has 2 aliphatic heterocycles. The van der Waals surface area contributed by atoms with Crippen LogP contribution in [-0.4, -0.2) is 60.9 Å². The predicted octanol–water partition coefficient (Wildman–Crippen LogP) is -0.244. The average Bonchev–Trinajstić information content (AvgIpc) is 2.88. The molecule has 1 amide bonds. The Morgan fingerprint density at radius 3 is 2.61 bits per heavy atom. The fourth-order valence-electron chi connectivity index (χ4n) is 3.34. The third kappa shape index (κ3) is 3.81. The highest BCUT2D eigenvalue weighted by atomic mass is 32.2. The molecule has 2 N–H and O–H groups in total. The lowest BCUT2D eigenvalue weighted by atomic mass is 10.0.